The van der Waals surface area contributed by atoms with Gasteiger partial charge in [-0.05, 0) is 143 Å². The van der Waals surface area contributed by atoms with Gasteiger partial charge >= 0.3 is 12.2 Å². The number of piperidine rings is 1. The third-order valence-electron chi connectivity index (χ3n) is 17.2. The fraction of sp³-hybridized carbons (Fsp3) is 0.564. The number of anilines is 2. The van der Waals surface area contributed by atoms with Crippen LogP contribution in [0.25, 0.3) is 22.1 Å². The number of nitrogens with zero attached hydrogens (tertiary/aromatic N) is 8. The minimum Gasteiger partial charge on any atom is -0.465 e. The Morgan fingerprint density at radius 2 is 1.03 bits per heavy atom. The molecule has 400 valence electrons. The summed E-state index contributed by atoms with van der Waals surface area (Å²) in [5, 5.41) is 20.1. The highest BCUT2D eigenvalue weighted by atomic mass is 19.1. The second-order valence-electron chi connectivity index (χ2n) is 21.6. The highest BCUT2D eigenvalue weighted by molar-refractivity contribution is 5.87. The second-order valence-corrected chi connectivity index (χ2v) is 21.6. The van der Waals surface area contributed by atoms with Gasteiger partial charge in [-0.25, -0.2) is 28.3 Å². The van der Waals surface area contributed by atoms with Crippen molar-refractivity contribution < 1.29 is 47.6 Å². The van der Waals surface area contributed by atoms with Crippen LogP contribution in [0.1, 0.15) is 130 Å². The number of benzene rings is 3. The quantitative estimate of drug-likeness (QED) is 0.0925. The molecule has 0 aliphatic carbocycles. The molecule has 6 saturated heterocycles. The van der Waals surface area contributed by atoms with E-state index in [1.807, 2.05) is 41.3 Å². The van der Waals surface area contributed by atoms with Gasteiger partial charge in [0.25, 0.3) is 0 Å². The van der Waals surface area contributed by atoms with Crippen molar-refractivity contribution in [1.29, 1.82) is 0 Å². The van der Waals surface area contributed by atoms with Gasteiger partial charge in [0.15, 0.2) is 11.6 Å². The summed E-state index contributed by atoms with van der Waals surface area (Å²) in [5.41, 5.74) is 5.16. The summed E-state index contributed by atoms with van der Waals surface area (Å²) in [5.74, 6) is -0.749. The Bertz CT molecular complexity index is 2750. The molecular weight excluding hydrogens is 967 g/mol. The number of carbonyl (C=O) groups excluding carboxylic acids is 2. The average molecular weight is 1040 g/mol. The maximum absolute atomic E-state index is 16.5. The summed E-state index contributed by atoms with van der Waals surface area (Å²) < 4.78 is 44.2. The Balaban J connectivity index is 0.902. The van der Waals surface area contributed by atoms with Crippen LogP contribution in [0.15, 0.2) is 48.5 Å². The summed E-state index contributed by atoms with van der Waals surface area (Å²) in [7, 11) is 2.93. The highest BCUT2D eigenvalue weighted by Gasteiger charge is 2.45. The number of rotatable bonds is 12. The Hall–Kier alpha value is -6.54. The number of fused-ring (bicyclic) bond motifs is 2. The molecule has 6 atom stereocenters. The van der Waals surface area contributed by atoms with Gasteiger partial charge in [-0.15, -0.1) is 0 Å². The van der Waals surface area contributed by atoms with Gasteiger partial charge in [-0.2, -0.15) is 0 Å². The number of carbonyl (C=O) groups is 4. The number of halogens is 2. The first-order valence-corrected chi connectivity index (χ1v) is 27.0. The summed E-state index contributed by atoms with van der Waals surface area (Å²) in [4.78, 5) is 80.4. The van der Waals surface area contributed by atoms with Crippen LogP contribution in [0.4, 0.5) is 29.7 Å². The van der Waals surface area contributed by atoms with Crippen LogP contribution >= 0.6 is 0 Å². The van der Waals surface area contributed by atoms with Crippen molar-refractivity contribution in [2.24, 2.45) is 11.8 Å². The summed E-state index contributed by atoms with van der Waals surface area (Å²) in [6, 6.07) is 11.9. The van der Waals surface area contributed by atoms with Crippen molar-refractivity contribution in [2.45, 2.75) is 120 Å². The molecule has 5 aromatic rings. The third kappa shape index (κ3) is 9.72. The molecule has 11 rings (SSSR count). The summed E-state index contributed by atoms with van der Waals surface area (Å²) in [6.07, 6.45) is 6.96. The summed E-state index contributed by atoms with van der Waals surface area (Å²) >= 11 is 0. The average Bonchev–Trinajstić information content (AvgIpc) is 4.29. The first-order valence-electron chi connectivity index (χ1n) is 27.0. The number of hydrogen-bond acceptors (Lipinski definition) is 10. The molecule has 2 aromatic heterocycles. The monoisotopic (exact) mass is 1030 g/mol. The van der Waals surface area contributed by atoms with E-state index in [1.54, 1.807) is 9.80 Å². The molecule has 4 N–H and O–H groups in total. The predicted octanol–water partition coefficient (Wildman–Crippen LogP) is 8.93. The molecule has 6 fully saturated rings. The van der Waals surface area contributed by atoms with E-state index >= 15 is 8.78 Å². The Labute approximate surface area is 434 Å². The zero-order chi connectivity index (χ0) is 52.1. The van der Waals surface area contributed by atoms with Crippen LogP contribution in [0, 0.1) is 23.5 Å². The number of aromatic nitrogens is 4. The number of nitrogens with one attached hydrogen (secondary N) is 2. The topological polar surface area (TPSA) is 204 Å². The first kappa shape index (κ1) is 50.6. The second kappa shape index (κ2) is 21.2. The lowest BCUT2D eigenvalue weighted by Gasteiger charge is -2.37. The molecule has 6 aliphatic rings. The van der Waals surface area contributed by atoms with E-state index < -0.39 is 35.9 Å². The van der Waals surface area contributed by atoms with Gasteiger partial charge in [0, 0.05) is 72.4 Å². The van der Waals surface area contributed by atoms with E-state index in [1.165, 1.54) is 26.2 Å². The lowest BCUT2D eigenvalue weighted by atomic mass is 9.89. The molecule has 18 nitrogen and oxygen atoms in total. The lowest BCUT2D eigenvalue weighted by Crippen LogP contribution is -2.53. The van der Waals surface area contributed by atoms with Crippen LogP contribution in [-0.2, 0) is 19.1 Å². The van der Waals surface area contributed by atoms with Crippen molar-refractivity contribution in [1.82, 2.24) is 39.5 Å². The standard InChI is InChI=1S/C55H68F2N10O8/c1-62(54(70)71)47(32-16-24-74-25-17-32)52(68)65-22-6-8-45(65)50-58-39-12-10-34(28-41(39)60-50)43-14-15-44(67(43)36-30-37(56)49(38(57)31-36)64-20-4-3-5-21-64)35-11-13-40-42(29-35)61-51(59-40)46-9-7-23-66(46)53(69)48(63(2)55(72)73)33-18-26-75-27-19-33/h10-13,28-33,43-48H,3-9,14-27H2,1-2H3,(H,58,60)(H,59,61)(H,70,71)(H,72,73)/t43-,44-,45+,46+,47+,48+/m1/s1. The van der Waals surface area contributed by atoms with E-state index in [4.69, 9.17) is 19.4 Å². The number of hydrogen-bond donors (Lipinski definition) is 4. The zero-order valence-electron chi connectivity index (χ0n) is 42.8. The maximum Gasteiger partial charge on any atom is 0.407 e. The Morgan fingerprint density at radius 3 is 1.45 bits per heavy atom. The summed E-state index contributed by atoms with van der Waals surface area (Å²) in [6.45, 7) is 4.04. The lowest BCUT2D eigenvalue weighted by molar-refractivity contribution is -0.141. The number of aromatic amines is 2. The smallest absolute Gasteiger partial charge is 0.407 e. The molecule has 0 spiro atoms. The minimum absolute atomic E-state index is 0.00272. The van der Waals surface area contributed by atoms with Gasteiger partial charge in [-0.3, -0.25) is 19.4 Å². The third-order valence-corrected chi connectivity index (χ3v) is 17.2. The largest absolute Gasteiger partial charge is 0.465 e. The number of H-pyrrole nitrogens is 2. The van der Waals surface area contributed by atoms with E-state index in [9.17, 15) is 29.4 Å². The fourth-order valence-corrected chi connectivity index (χ4v) is 13.4. The van der Waals surface area contributed by atoms with Crippen LogP contribution in [0.3, 0.4) is 0 Å². The van der Waals surface area contributed by atoms with Crippen LogP contribution in [-0.4, -0.2) is 153 Å². The molecule has 4 amide bonds. The molecule has 0 radical (unpaired) electrons. The van der Waals surface area contributed by atoms with Gasteiger partial charge in [-0.1, -0.05) is 12.1 Å². The van der Waals surface area contributed by atoms with E-state index in [2.05, 4.69) is 14.9 Å². The number of likely N-dealkylation sites (tertiary alicyclic amines) is 2. The molecule has 0 saturated carbocycles. The number of imidazole rings is 2. The Kier molecular flexibility index (Phi) is 14.3. The minimum atomic E-state index is -1.15. The Morgan fingerprint density at radius 1 is 0.587 bits per heavy atom. The highest BCUT2D eigenvalue weighted by Crippen LogP contribution is 2.49. The number of amides is 4. The first-order chi connectivity index (χ1) is 36.3. The zero-order valence-corrected chi connectivity index (χ0v) is 42.8. The number of ether oxygens (including phenoxy) is 2. The molecule has 8 heterocycles. The number of likely N-dealkylation sites (N-methyl/N-ethyl adjacent to an activating group) is 2. The van der Waals surface area contributed by atoms with Crippen LogP contribution in [0.5, 0.6) is 0 Å². The van der Waals surface area contributed by atoms with Crippen molar-refractivity contribution in [3.8, 4) is 0 Å². The predicted molar refractivity (Wildman–Crippen MR) is 275 cm³/mol. The van der Waals surface area contributed by atoms with Gasteiger partial charge in [0.1, 0.15) is 29.4 Å². The maximum atomic E-state index is 16.5. The van der Waals surface area contributed by atoms with E-state index in [-0.39, 0.29) is 53.5 Å². The molecular formula is C55H68F2N10O8. The number of carboxylic acid groups (broad SMARTS) is 2. The van der Waals surface area contributed by atoms with Crippen molar-refractivity contribution in [2.75, 3.05) is 76.5 Å². The molecule has 3 aromatic carbocycles. The fourth-order valence-electron chi connectivity index (χ4n) is 13.4. The molecule has 6 aliphatic heterocycles. The molecule has 20 heteroatoms. The van der Waals surface area contributed by atoms with Crippen molar-refractivity contribution >= 4 is 57.4 Å². The van der Waals surface area contributed by atoms with E-state index in [0.29, 0.717) is 132 Å². The van der Waals surface area contributed by atoms with Gasteiger partial charge in [0.2, 0.25) is 11.8 Å². The normalized spacial score (nSPS) is 23.8. The van der Waals surface area contributed by atoms with Crippen LogP contribution in [0.2, 0.25) is 0 Å². The van der Waals surface area contributed by atoms with Crippen molar-refractivity contribution in [3.63, 3.8) is 0 Å². The van der Waals surface area contributed by atoms with Crippen molar-refractivity contribution in [3.05, 3.63) is 82.9 Å². The SMILES string of the molecule is CN(C(=O)O)[C@H](C(=O)N1CCC[C@H]1c1nc2cc([C@H]3CC[C@H](c4ccc5[nH]c([C@@H]6CCCN6C(=O)[C@H](C6CCOCC6)N(C)C(=O)O)nc5c4)N3c3cc(F)c(N4CCCCC4)c(F)c3)ccc2[nH]1)C1CCOCC1. The molecule has 0 unspecified atom stereocenters. The van der Waals surface area contributed by atoms with Gasteiger partial charge < -0.3 is 49.3 Å². The van der Waals surface area contributed by atoms with Gasteiger partial charge in [0.05, 0.1) is 46.2 Å². The van der Waals surface area contributed by atoms with Crippen LogP contribution < -0.4 is 9.80 Å². The van der Waals surface area contributed by atoms with E-state index in [0.717, 1.165) is 64.1 Å². The molecule has 75 heavy (non-hydrogen) atoms. The molecule has 0 bridgehead atoms.